The zero-order valence-corrected chi connectivity index (χ0v) is 18.0. The van der Waals surface area contributed by atoms with Crippen molar-refractivity contribution in [1.29, 1.82) is 0 Å². The van der Waals surface area contributed by atoms with Crippen LogP contribution in [-0.4, -0.2) is 31.4 Å². The summed E-state index contributed by atoms with van der Waals surface area (Å²) >= 11 is 0. The lowest BCUT2D eigenvalue weighted by atomic mass is 10.1. The van der Waals surface area contributed by atoms with Gasteiger partial charge >= 0.3 is 11.8 Å². The minimum atomic E-state index is -0.564. The molecule has 1 atom stereocenters. The molecule has 3 aromatic rings. The van der Waals surface area contributed by atoms with E-state index in [1.54, 1.807) is 24.5 Å². The summed E-state index contributed by atoms with van der Waals surface area (Å²) in [6, 6.07) is 10.2. The third kappa shape index (κ3) is 4.69. The van der Waals surface area contributed by atoms with Gasteiger partial charge in [-0.1, -0.05) is 6.07 Å². The predicted molar refractivity (Wildman–Crippen MR) is 118 cm³/mol. The van der Waals surface area contributed by atoms with Gasteiger partial charge in [0.1, 0.15) is 5.60 Å². The molecule has 0 bridgehead atoms. The molecule has 4 rings (SSSR count). The van der Waals surface area contributed by atoms with Crippen LogP contribution in [0.1, 0.15) is 44.4 Å². The molecule has 0 saturated carbocycles. The number of aromatic nitrogens is 3. The maximum atomic E-state index is 12.1. The zero-order valence-electron chi connectivity index (χ0n) is 18.0. The monoisotopic (exact) mass is 436 g/mol. The van der Waals surface area contributed by atoms with Gasteiger partial charge in [0.15, 0.2) is 5.82 Å². The molecule has 10 nitrogen and oxygen atoms in total. The van der Waals surface area contributed by atoms with Crippen molar-refractivity contribution in [1.82, 2.24) is 20.1 Å². The molecule has 1 aliphatic rings. The third-order valence-corrected chi connectivity index (χ3v) is 4.97. The van der Waals surface area contributed by atoms with Gasteiger partial charge < -0.3 is 15.4 Å². The number of ether oxygens (including phenoxy) is 1. The first-order valence-corrected chi connectivity index (χ1v) is 10.2. The van der Waals surface area contributed by atoms with E-state index in [1.165, 1.54) is 10.7 Å². The molecule has 1 aromatic carbocycles. The number of nitrogens with zero attached hydrogens (tertiary/aromatic N) is 4. The molecule has 0 unspecified atom stereocenters. The van der Waals surface area contributed by atoms with Crippen LogP contribution in [0.15, 0.2) is 48.8 Å². The zero-order chi connectivity index (χ0) is 22.9. The Balaban J connectivity index is 1.55. The topological polar surface area (TPSA) is 124 Å². The Hall–Kier alpha value is -3.95. The summed E-state index contributed by atoms with van der Waals surface area (Å²) < 4.78 is 6.89. The smallest absolute Gasteiger partial charge is 0.408 e. The van der Waals surface area contributed by atoms with Crippen molar-refractivity contribution in [2.24, 2.45) is 0 Å². The van der Waals surface area contributed by atoms with Gasteiger partial charge in [-0.15, -0.1) is 0 Å². The Labute approximate surface area is 184 Å². The van der Waals surface area contributed by atoms with Gasteiger partial charge in [0, 0.05) is 24.1 Å². The van der Waals surface area contributed by atoms with Crippen LogP contribution in [0.4, 0.5) is 22.0 Å². The number of carbonyl (C=O) groups is 1. The number of nitrogens with one attached hydrogen (secondary N) is 2. The number of nitro groups is 1. The van der Waals surface area contributed by atoms with Gasteiger partial charge in [-0.2, -0.15) is 5.10 Å². The number of alkyl carbamates (subject to hydrolysis) is 1. The summed E-state index contributed by atoms with van der Waals surface area (Å²) in [7, 11) is 0. The maximum Gasteiger partial charge on any atom is 0.408 e. The second-order valence-corrected chi connectivity index (χ2v) is 8.52. The molecule has 0 fully saturated rings. The molecule has 1 amide bonds. The highest BCUT2D eigenvalue weighted by molar-refractivity contribution is 5.70. The fraction of sp³-hybridized carbons (Fsp3) is 0.318. The average Bonchev–Trinajstić information content (AvgIpc) is 3.37. The minimum Gasteiger partial charge on any atom is -0.444 e. The van der Waals surface area contributed by atoms with Crippen LogP contribution in [0.3, 0.4) is 0 Å². The molecule has 1 aliphatic carbocycles. The second kappa shape index (κ2) is 8.29. The number of carbonyl (C=O) groups excluding carboxylic acids is 1. The second-order valence-electron chi connectivity index (χ2n) is 8.52. The van der Waals surface area contributed by atoms with E-state index in [4.69, 9.17) is 4.74 Å². The van der Waals surface area contributed by atoms with Crippen LogP contribution in [0.5, 0.6) is 0 Å². The van der Waals surface area contributed by atoms with Crippen LogP contribution in [-0.2, 0) is 11.2 Å². The van der Waals surface area contributed by atoms with E-state index in [-0.39, 0.29) is 17.5 Å². The summed E-state index contributed by atoms with van der Waals surface area (Å²) in [5.41, 5.74) is 2.04. The average molecular weight is 436 g/mol. The van der Waals surface area contributed by atoms with Gasteiger partial charge in [0.2, 0.25) is 5.82 Å². The van der Waals surface area contributed by atoms with Crippen LogP contribution in [0.25, 0.3) is 5.82 Å². The van der Waals surface area contributed by atoms with Gasteiger partial charge in [-0.05, 0) is 69.0 Å². The van der Waals surface area contributed by atoms with E-state index in [1.807, 2.05) is 39.0 Å². The Bertz CT molecular complexity index is 1150. The molecule has 0 radical (unpaired) electrons. The standard InChI is InChI=1S/C22H24N6O4/c1-22(2,3)32-21(29)25-17-8-5-14-13-15(6-7-16(14)17)24-20-18(28(30)31)9-10-19(26-20)27-12-4-11-23-27/h4,6-7,9-13,17H,5,8H2,1-3H3,(H,24,26)(H,25,29)/t17-/m1/s1. The summed E-state index contributed by atoms with van der Waals surface area (Å²) in [4.78, 5) is 27.5. The van der Waals surface area contributed by atoms with Crippen LogP contribution < -0.4 is 10.6 Å². The predicted octanol–water partition coefficient (Wildman–Crippen LogP) is 4.43. The lowest BCUT2D eigenvalue weighted by Gasteiger charge is -2.22. The highest BCUT2D eigenvalue weighted by atomic mass is 16.6. The fourth-order valence-electron chi connectivity index (χ4n) is 3.64. The van der Waals surface area contributed by atoms with Gasteiger partial charge in [0.05, 0.1) is 11.0 Å². The number of hydrogen-bond acceptors (Lipinski definition) is 7. The van der Waals surface area contributed by atoms with Crippen molar-refractivity contribution in [3.8, 4) is 5.82 Å². The van der Waals surface area contributed by atoms with Crippen molar-refractivity contribution in [3.05, 3.63) is 70.0 Å². The summed E-state index contributed by atoms with van der Waals surface area (Å²) in [6.45, 7) is 5.46. The molecule has 0 spiro atoms. The molecule has 2 heterocycles. The van der Waals surface area contributed by atoms with Crippen LogP contribution >= 0.6 is 0 Å². The highest BCUT2D eigenvalue weighted by Crippen LogP contribution is 2.35. The summed E-state index contributed by atoms with van der Waals surface area (Å²) in [6.07, 6.45) is 4.40. The lowest BCUT2D eigenvalue weighted by Crippen LogP contribution is -2.34. The van der Waals surface area contributed by atoms with Crippen molar-refractivity contribution >= 4 is 23.3 Å². The van der Waals surface area contributed by atoms with E-state index < -0.39 is 16.6 Å². The Kier molecular flexibility index (Phi) is 5.52. The molecule has 2 aromatic heterocycles. The van der Waals surface area contributed by atoms with Gasteiger partial charge in [0.25, 0.3) is 0 Å². The fourth-order valence-corrected chi connectivity index (χ4v) is 3.64. The largest absolute Gasteiger partial charge is 0.444 e. The van der Waals surface area contributed by atoms with E-state index in [9.17, 15) is 14.9 Å². The van der Waals surface area contributed by atoms with Crippen LogP contribution in [0, 0.1) is 10.1 Å². The number of benzene rings is 1. The molecule has 0 saturated heterocycles. The molecule has 166 valence electrons. The van der Waals surface area contributed by atoms with Crippen LogP contribution in [0.2, 0.25) is 0 Å². The van der Waals surface area contributed by atoms with Crippen molar-refractivity contribution in [3.63, 3.8) is 0 Å². The normalized spacial score (nSPS) is 15.2. The number of hydrogen-bond donors (Lipinski definition) is 2. The minimum absolute atomic E-state index is 0.129. The van der Waals surface area contributed by atoms with Crippen molar-refractivity contribution in [2.75, 3.05) is 5.32 Å². The summed E-state index contributed by atoms with van der Waals surface area (Å²) in [5.74, 6) is 0.593. The number of rotatable bonds is 5. The SMILES string of the molecule is CC(C)(C)OC(=O)N[C@@H]1CCc2cc(Nc3nc(-n4cccn4)ccc3[N+](=O)[O-])ccc21. The van der Waals surface area contributed by atoms with E-state index in [0.717, 1.165) is 24.0 Å². The molecule has 32 heavy (non-hydrogen) atoms. The first-order chi connectivity index (χ1) is 15.2. The first kappa shape index (κ1) is 21.3. The number of anilines is 2. The third-order valence-electron chi connectivity index (χ3n) is 4.97. The number of amides is 1. The lowest BCUT2D eigenvalue weighted by molar-refractivity contribution is -0.384. The Morgan fingerprint density at radius 2 is 2.09 bits per heavy atom. The first-order valence-electron chi connectivity index (χ1n) is 10.2. The Morgan fingerprint density at radius 1 is 1.28 bits per heavy atom. The highest BCUT2D eigenvalue weighted by Gasteiger charge is 2.27. The summed E-state index contributed by atoms with van der Waals surface area (Å²) in [5, 5.41) is 21.6. The number of pyridine rings is 1. The number of fused-ring (bicyclic) bond motifs is 1. The van der Waals surface area contributed by atoms with Crippen molar-refractivity contribution in [2.45, 2.75) is 45.3 Å². The van der Waals surface area contributed by atoms with Gasteiger partial charge in [-0.3, -0.25) is 10.1 Å². The van der Waals surface area contributed by atoms with Crippen molar-refractivity contribution < 1.29 is 14.5 Å². The van der Waals surface area contributed by atoms with Gasteiger partial charge in [-0.25, -0.2) is 14.5 Å². The molecule has 10 heteroatoms. The van der Waals surface area contributed by atoms with E-state index >= 15 is 0 Å². The molecule has 2 N–H and O–H groups in total. The molecular formula is C22H24N6O4. The molecule has 0 aliphatic heterocycles. The van der Waals surface area contributed by atoms with E-state index in [2.05, 4.69) is 20.7 Å². The Morgan fingerprint density at radius 3 is 2.78 bits per heavy atom. The number of aryl methyl sites for hydroxylation is 1. The molecular weight excluding hydrogens is 412 g/mol. The van der Waals surface area contributed by atoms with E-state index in [0.29, 0.717) is 11.5 Å². The maximum absolute atomic E-state index is 12.1. The quantitative estimate of drug-likeness (QED) is 0.448.